The van der Waals surface area contributed by atoms with Crippen LogP contribution in [0.1, 0.15) is 31.4 Å². The molecule has 1 atom stereocenters. The Kier molecular flexibility index (Phi) is 5.11. The van der Waals surface area contributed by atoms with Crippen LogP contribution in [0.3, 0.4) is 0 Å². The molecule has 0 radical (unpaired) electrons. The van der Waals surface area contributed by atoms with Crippen LogP contribution in [0.25, 0.3) is 0 Å². The lowest BCUT2D eigenvalue weighted by Crippen LogP contribution is -2.30. The molecule has 0 spiro atoms. The first kappa shape index (κ1) is 16.8. The molecule has 0 aliphatic carbocycles. The SMILES string of the molecule is Cc1cc(N=C2SC[C@H](CC(C)C)N2C)cc(C)c1[N+](=O)[O-]. The summed E-state index contributed by atoms with van der Waals surface area (Å²) in [5.74, 6) is 1.72. The summed E-state index contributed by atoms with van der Waals surface area (Å²) in [4.78, 5) is 17.7. The number of aliphatic imine (C=N–C) groups is 1. The average Bonchev–Trinajstić information content (AvgIpc) is 2.69. The maximum Gasteiger partial charge on any atom is 0.275 e. The number of amidine groups is 1. The number of thioether (sulfide) groups is 1. The van der Waals surface area contributed by atoms with Crippen LogP contribution in [-0.4, -0.2) is 33.8 Å². The van der Waals surface area contributed by atoms with Crippen molar-refractivity contribution >= 4 is 28.3 Å². The number of nitro groups is 1. The molecule has 0 amide bonds. The van der Waals surface area contributed by atoms with Gasteiger partial charge in [-0.25, -0.2) is 4.99 Å². The lowest BCUT2D eigenvalue weighted by molar-refractivity contribution is -0.386. The second-order valence-electron chi connectivity index (χ2n) is 6.28. The Balaban J connectivity index is 2.25. The first-order chi connectivity index (χ1) is 10.3. The molecule has 120 valence electrons. The van der Waals surface area contributed by atoms with Gasteiger partial charge in [-0.2, -0.15) is 0 Å². The molecule has 6 heteroatoms. The lowest BCUT2D eigenvalue weighted by atomic mass is 10.0. The van der Waals surface area contributed by atoms with E-state index >= 15 is 0 Å². The molecule has 1 fully saturated rings. The third-order valence-corrected chi connectivity index (χ3v) is 5.07. The van der Waals surface area contributed by atoms with Crippen molar-refractivity contribution in [3.05, 3.63) is 33.4 Å². The van der Waals surface area contributed by atoms with Crippen LogP contribution in [0.2, 0.25) is 0 Å². The van der Waals surface area contributed by atoms with Crippen LogP contribution < -0.4 is 0 Å². The molecular formula is C16H23N3O2S. The number of nitrogens with zero attached hydrogens (tertiary/aromatic N) is 3. The van der Waals surface area contributed by atoms with E-state index in [2.05, 4.69) is 25.8 Å². The smallest absolute Gasteiger partial charge is 0.275 e. The first-order valence-corrected chi connectivity index (χ1v) is 8.48. The van der Waals surface area contributed by atoms with Crippen LogP contribution in [0.5, 0.6) is 0 Å². The van der Waals surface area contributed by atoms with Crippen molar-refractivity contribution in [3.63, 3.8) is 0 Å². The molecule has 2 rings (SSSR count). The fraction of sp³-hybridized carbons (Fsp3) is 0.562. The van der Waals surface area contributed by atoms with Gasteiger partial charge in [0.05, 0.1) is 10.6 Å². The van der Waals surface area contributed by atoms with E-state index in [4.69, 9.17) is 4.99 Å². The molecule has 1 aliphatic heterocycles. The highest BCUT2D eigenvalue weighted by Gasteiger charge is 2.27. The topological polar surface area (TPSA) is 58.7 Å². The molecule has 0 aromatic heterocycles. The monoisotopic (exact) mass is 321 g/mol. The zero-order valence-electron chi connectivity index (χ0n) is 13.8. The van der Waals surface area contributed by atoms with Crippen molar-refractivity contribution in [3.8, 4) is 0 Å². The predicted octanol–water partition coefficient (Wildman–Crippen LogP) is 4.29. The van der Waals surface area contributed by atoms with E-state index in [9.17, 15) is 10.1 Å². The number of benzene rings is 1. The van der Waals surface area contributed by atoms with Crippen molar-refractivity contribution in [2.45, 2.75) is 40.2 Å². The second kappa shape index (κ2) is 6.69. The molecule has 1 aliphatic rings. The van der Waals surface area contributed by atoms with Crippen molar-refractivity contribution < 1.29 is 4.92 Å². The summed E-state index contributed by atoms with van der Waals surface area (Å²) in [7, 11) is 2.08. The van der Waals surface area contributed by atoms with Gasteiger partial charge in [-0.15, -0.1) is 0 Å². The third-order valence-electron chi connectivity index (χ3n) is 3.88. The van der Waals surface area contributed by atoms with Crippen molar-refractivity contribution in [2.24, 2.45) is 10.9 Å². The fourth-order valence-electron chi connectivity index (χ4n) is 2.82. The van der Waals surface area contributed by atoms with Gasteiger partial charge in [-0.1, -0.05) is 25.6 Å². The van der Waals surface area contributed by atoms with Crippen LogP contribution in [-0.2, 0) is 0 Å². The minimum atomic E-state index is -0.323. The average molecular weight is 321 g/mol. The highest BCUT2D eigenvalue weighted by molar-refractivity contribution is 8.14. The van der Waals surface area contributed by atoms with E-state index in [1.54, 1.807) is 37.7 Å². The summed E-state index contributed by atoms with van der Waals surface area (Å²) in [6.07, 6.45) is 1.15. The molecule has 0 N–H and O–H groups in total. The minimum Gasteiger partial charge on any atom is -0.350 e. The van der Waals surface area contributed by atoms with E-state index in [0.717, 1.165) is 23.0 Å². The molecule has 0 bridgehead atoms. The summed E-state index contributed by atoms with van der Waals surface area (Å²) in [5, 5.41) is 12.1. The maximum atomic E-state index is 11.1. The molecular weight excluding hydrogens is 298 g/mol. The van der Waals surface area contributed by atoms with Gasteiger partial charge in [0.15, 0.2) is 5.17 Å². The van der Waals surface area contributed by atoms with E-state index in [0.29, 0.717) is 23.1 Å². The number of hydrogen-bond donors (Lipinski definition) is 0. The molecule has 0 unspecified atom stereocenters. The summed E-state index contributed by atoms with van der Waals surface area (Å²) in [5.41, 5.74) is 2.30. The van der Waals surface area contributed by atoms with E-state index in [-0.39, 0.29) is 10.6 Å². The van der Waals surface area contributed by atoms with E-state index < -0.39 is 0 Å². The normalized spacial score (nSPS) is 20.2. The molecule has 1 saturated heterocycles. The minimum absolute atomic E-state index is 0.189. The van der Waals surface area contributed by atoms with Crippen molar-refractivity contribution in [1.29, 1.82) is 0 Å². The Hall–Kier alpha value is -1.56. The summed E-state index contributed by atoms with van der Waals surface area (Å²) in [6, 6.07) is 4.11. The van der Waals surface area contributed by atoms with Gasteiger partial charge < -0.3 is 4.90 Å². The zero-order chi connectivity index (χ0) is 16.4. The number of hydrogen-bond acceptors (Lipinski definition) is 4. The van der Waals surface area contributed by atoms with Gasteiger partial charge in [0.25, 0.3) is 5.69 Å². The van der Waals surface area contributed by atoms with Gasteiger partial charge >= 0.3 is 0 Å². The van der Waals surface area contributed by atoms with Crippen LogP contribution in [0.15, 0.2) is 17.1 Å². The maximum absolute atomic E-state index is 11.1. The second-order valence-corrected chi connectivity index (χ2v) is 7.27. The van der Waals surface area contributed by atoms with E-state index in [1.165, 1.54) is 0 Å². The Morgan fingerprint density at radius 3 is 2.50 bits per heavy atom. The van der Waals surface area contributed by atoms with E-state index in [1.807, 2.05) is 0 Å². The van der Waals surface area contributed by atoms with Crippen LogP contribution in [0, 0.1) is 29.9 Å². The molecule has 0 saturated carbocycles. The highest BCUT2D eigenvalue weighted by Crippen LogP contribution is 2.32. The van der Waals surface area contributed by atoms with Crippen molar-refractivity contribution in [1.82, 2.24) is 4.90 Å². The predicted molar refractivity (Wildman–Crippen MR) is 93.1 cm³/mol. The number of rotatable bonds is 4. The number of aryl methyl sites for hydroxylation is 2. The standard InChI is InChI=1S/C16H23N3O2S/c1-10(2)6-14-9-22-16(18(14)5)17-13-7-11(3)15(19(20)21)12(4)8-13/h7-8,10,14H,6,9H2,1-5H3/t14-/m0/s1. The van der Waals surface area contributed by atoms with Gasteiger partial charge in [0.1, 0.15) is 0 Å². The number of nitro benzene ring substituents is 1. The Morgan fingerprint density at radius 2 is 2.00 bits per heavy atom. The molecule has 1 heterocycles. The largest absolute Gasteiger partial charge is 0.350 e. The molecule has 5 nitrogen and oxygen atoms in total. The molecule has 22 heavy (non-hydrogen) atoms. The fourth-order valence-corrected chi connectivity index (χ4v) is 4.04. The van der Waals surface area contributed by atoms with Crippen molar-refractivity contribution in [2.75, 3.05) is 12.8 Å². The summed E-state index contributed by atoms with van der Waals surface area (Å²) in [6.45, 7) is 8.00. The summed E-state index contributed by atoms with van der Waals surface area (Å²) >= 11 is 1.76. The van der Waals surface area contributed by atoms with Gasteiger partial charge in [-0.05, 0) is 38.3 Å². The zero-order valence-corrected chi connectivity index (χ0v) is 14.6. The first-order valence-electron chi connectivity index (χ1n) is 7.49. The van der Waals surface area contributed by atoms with Crippen LogP contribution >= 0.6 is 11.8 Å². The van der Waals surface area contributed by atoms with Gasteiger partial charge in [0, 0.05) is 30.0 Å². The van der Waals surface area contributed by atoms with Crippen LogP contribution in [0.4, 0.5) is 11.4 Å². The molecule has 1 aromatic carbocycles. The Bertz CT molecular complexity index is 590. The summed E-state index contributed by atoms with van der Waals surface area (Å²) < 4.78 is 0. The highest BCUT2D eigenvalue weighted by atomic mass is 32.2. The Morgan fingerprint density at radius 1 is 1.41 bits per heavy atom. The third kappa shape index (κ3) is 3.61. The molecule has 1 aromatic rings. The van der Waals surface area contributed by atoms with Gasteiger partial charge in [0.2, 0.25) is 0 Å². The Labute approximate surface area is 136 Å². The quantitative estimate of drug-likeness (QED) is 0.613. The van der Waals surface area contributed by atoms with Gasteiger partial charge in [-0.3, -0.25) is 10.1 Å². The lowest BCUT2D eigenvalue weighted by Gasteiger charge is -2.22.